The maximum absolute atomic E-state index is 12.5. The first kappa shape index (κ1) is 20.8. The van der Waals surface area contributed by atoms with E-state index in [-0.39, 0.29) is 0 Å². The molecule has 1 atom stereocenters. The van der Waals surface area contributed by atoms with E-state index in [1.54, 1.807) is 18.2 Å². The fourth-order valence-corrected chi connectivity index (χ4v) is 3.09. The van der Waals surface area contributed by atoms with Gasteiger partial charge < -0.3 is 19.4 Å². The van der Waals surface area contributed by atoms with Gasteiger partial charge in [0.25, 0.3) is 5.91 Å². The monoisotopic (exact) mass is 392 g/mol. The lowest BCUT2D eigenvalue weighted by Gasteiger charge is -2.16. The number of hydrogen-bond acceptors (Lipinski definition) is 4. The van der Waals surface area contributed by atoms with Crippen LogP contribution in [-0.2, 0) is 16.1 Å². The molecule has 0 radical (unpaired) electrons. The third kappa shape index (κ3) is 4.45. The van der Waals surface area contributed by atoms with E-state index in [0.717, 1.165) is 23.5 Å². The number of ether oxygens (including phenoxy) is 2. The normalized spacial score (nSPS) is 11.8. The average molecular weight is 393 g/mol. The highest BCUT2D eigenvalue weighted by molar-refractivity contribution is 6.31. The number of benzene rings is 1. The highest BCUT2D eigenvalue weighted by atomic mass is 35.5. The summed E-state index contributed by atoms with van der Waals surface area (Å²) in [5, 5.41) is 3.26. The highest BCUT2D eigenvalue weighted by Crippen LogP contribution is 2.31. The number of halogens is 1. The van der Waals surface area contributed by atoms with E-state index in [9.17, 15) is 9.59 Å². The Kier molecular flexibility index (Phi) is 6.54. The molecule has 0 saturated carbocycles. The number of aromatic nitrogens is 1. The SMILES string of the molecule is CCn1c(C)cc(C(=O)O[C@H](C)C(=O)Nc2cc(C)c(Cl)cc2OC)c1C. The molecule has 146 valence electrons. The number of nitrogens with one attached hydrogen (secondary N) is 1. The van der Waals surface area contributed by atoms with Gasteiger partial charge in [0.05, 0.1) is 18.4 Å². The fourth-order valence-electron chi connectivity index (χ4n) is 2.94. The van der Waals surface area contributed by atoms with Gasteiger partial charge in [0, 0.05) is 29.0 Å². The Morgan fingerprint density at radius 3 is 2.44 bits per heavy atom. The topological polar surface area (TPSA) is 69.6 Å². The van der Waals surface area contributed by atoms with E-state index in [1.807, 2.05) is 32.3 Å². The van der Waals surface area contributed by atoms with Crippen molar-refractivity contribution in [1.29, 1.82) is 0 Å². The lowest BCUT2D eigenvalue weighted by molar-refractivity contribution is -0.123. The van der Waals surface area contributed by atoms with Crippen LogP contribution in [0.25, 0.3) is 0 Å². The van der Waals surface area contributed by atoms with Crippen molar-refractivity contribution in [3.63, 3.8) is 0 Å². The number of nitrogens with zero attached hydrogens (tertiary/aromatic N) is 1. The molecular weight excluding hydrogens is 368 g/mol. The molecule has 0 aliphatic carbocycles. The molecule has 1 N–H and O–H groups in total. The smallest absolute Gasteiger partial charge is 0.340 e. The van der Waals surface area contributed by atoms with Crippen LogP contribution in [0.2, 0.25) is 5.02 Å². The van der Waals surface area contributed by atoms with Gasteiger partial charge in [-0.05, 0) is 52.3 Å². The predicted molar refractivity (Wildman–Crippen MR) is 106 cm³/mol. The summed E-state index contributed by atoms with van der Waals surface area (Å²) in [6, 6.07) is 5.11. The quantitative estimate of drug-likeness (QED) is 0.745. The van der Waals surface area contributed by atoms with E-state index in [1.165, 1.54) is 14.0 Å². The third-order valence-electron chi connectivity index (χ3n) is 4.50. The summed E-state index contributed by atoms with van der Waals surface area (Å²) >= 11 is 6.08. The van der Waals surface area contributed by atoms with Gasteiger partial charge in [-0.15, -0.1) is 0 Å². The van der Waals surface area contributed by atoms with Gasteiger partial charge >= 0.3 is 5.97 Å². The summed E-state index contributed by atoms with van der Waals surface area (Å²) in [6.07, 6.45) is -0.970. The lowest BCUT2D eigenvalue weighted by Crippen LogP contribution is -2.30. The molecule has 0 fully saturated rings. The molecule has 2 rings (SSSR count). The molecule has 0 aliphatic heterocycles. The second kappa shape index (κ2) is 8.48. The number of carbonyl (C=O) groups is 2. The molecule has 7 heteroatoms. The Hall–Kier alpha value is -2.47. The van der Waals surface area contributed by atoms with Crippen LogP contribution in [0.3, 0.4) is 0 Å². The zero-order valence-corrected chi connectivity index (χ0v) is 17.2. The molecule has 0 aliphatic rings. The summed E-state index contributed by atoms with van der Waals surface area (Å²) in [5.41, 5.74) is 3.53. The average Bonchev–Trinajstić information content (AvgIpc) is 2.91. The number of aryl methyl sites for hydroxylation is 2. The Balaban J connectivity index is 2.12. The van der Waals surface area contributed by atoms with Crippen molar-refractivity contribution in [2.24, 2.45) is 0 Å². The van der Waals surface area contributed by atoms with Crippen LogP contribution in [0, 0.1) is 20.8 Å². The molecule has 1 heterocycles. The van der Waals surface area contributed by atoms with Crippen molar-refractivity contribution in [3.8, 4) is 5.75 Å². The lowest BCUT2D eigenvalue weighted by atomic mass is 10.2. The summed E-state index contributed by atoms with van der Waals surface area (Å²) in [4.78, 5) is 25.0. The summed E-state index contributed by atoms with van der Waals surface area (Å²) < 4.78 is 12.6. The van der Waals surface area contributed by atoms with Crippen molar-refractivity contribution < 1.29 is 19.1 Å². The van der Waals surface area contributed by atoms with Gasteiger partial charge in [-0.2, -0.15) is 0 Å². The fraction of sp³-hybridized carbons (Fsp3) is 0.400. The maximum atomic E-state index is 12.5. The number of carbonyl (C=O) groups excluding carboxylic acids is 2. The Bertz CT molecular complexity index is 873. The molecule has 1 aromatic heterocycles. The first-order chi connectivity index (χ1) is 12.7. The second-order valence-corrected chi connectivity index (χ2v) is 6.77. The van der Waals surface area contributed by atoms with Crippen LogP contribution in [0.1, 0.15) is 41.2 Å². The van der Waals surface area contributed by atoms with E-state index >= 15 is 0 Å². The first-order valence-corrected chi connectivity index (χ1v) is 9.10. The molecule has 27 heavy (non-hydrogen) atoms. The Morgan fingerprint density at radius 2 is 1.89 bits per heavy atom. The van der Waals surface area contributed by atoms with E-state index in [0.29, 0.717) is 22.0 Å². The largest absolute Gasteiger partial charge is 0.495 e. The predicted octanol–water partition coefficient (Wildman–Crippen LogP) is 4.28. The maximum Gasteiger partial charge on any atom is 0.340 e. The van der Waals surface area contributed by atoms with Crippen molar-refractivity contribution in [1.82, 2.24) is 4.57 Å². The van der Waals surface area contributed by atoms with Gasteiger partial charge in [0.2, 0.25) is 0 Å². The van der Waals surface area contributed by atoms with Gasteiger partial charge in [0.1, 0.15) is 5.75 Å². The van der Waals surface area contributed by atoms with Gasteiger partial charge in [-0.1, -0.05) is 11.6 Å². The van der Waals surface area contributed by atoms with Gasteiger partial charge in [0.15, 0.2) is 6.10 Å². The first-order valence-electron chi connectivity index (χ1n) is 8.72. The molecule has 1 amide bonds. The standard InChI is InChI=1S/C20H25ClN2O4/c1-7-23-12(3)9-15(13(23)4)20(25)27-14(5)19(24)22-17-8-11(2)16(21)10-18(17)26-6/h8-10,14H,7H2,1-6H3,(H,22,24)/t14-/m1/s1. The van der Waals surface area contributed by atoms with E-state index < -0.39 is 18.0 Å². The van der Waals surface area contributed by atoms with Crippen LogP contribution in [0.5, 0.6) is 5.75 Å². The Morgan fingerprint density at radius 1 is 1.22 bits per heavy atom. The number of esters is 1. The molecule has 1 aromatic carbocycles. The minimum absolute atomic E-state index is 0.434. The molecule has 0 saturated heterocycles. The number of anilines is 1. The van der Waals surface area contributed by atoms with Crippen molar-refractivity contribution in [2.75, 3.05) is 12.4 Å². The summed E-state index contributed by atoms with van der Waals surface area (Å²) in [5.74, 6) is -0.540. The van der Waals surface area contributed by atoms with Crippen molar-refractivity contribution in [2.45, 2.75) is 47.3 Å². The molecule has 0 unspecified atom stereocenters. The number of amides is 1. The molecule has 2 aromatic rings. The van der Waals surface area contributed by atoms with Crippen LogP contribution in [-0.4, -0.2) is 29.7 Å². The van der Waals surface area contributed by atoms with Crippen LogP contribution in [0.4, 0.5) is 5.69 Å². The zero-order chi connectivity index (χ0) is 20.3. The Labute approximate surface area is 164 Å². The molecule has 0 bridgehead atoms. The number of hydrogen-bond donors (Lipinski definition) is 1. The van der Waals surface area contributed by atoms with E-state index in [4.69, 9.17) is 21.1 Å². The van der Waals surface area contributed by atoms with Gasteiger partial charge in [-0.25, -0.2) is 4.79 Å². The third-order valence-corrected chi connectivity index (χ3v) is 4.91. The molecule has 0 spiro atoms. The minimum Gasteiger partial charge on any atom is -0.495 e. The van der Waals surface area contributed by atoms with Crippen LogP contribution < -0.4 is 10.1 Å². The van der Waals surface area contributed by atoms with Crippen LogP contribution in [0.15, 0.2) is 18.2 Å². The minimum atomic E-state index is -0.970. The number of methoxy groups -OCH3 is 1. The summed E-state index contributed by atoms with van der Waals surface area (Å²) in [7, 11) is 1.49. The second-order valence-electron chi connectivity index (χ2n) is 6.37. The molecule has 6 nitrogen and oxygen atoms in total. The van der Waals surface area contributed by atoms with Crippen molar-refractivity contribution >= 4 is 29.2 Å². The summed E-state index contributed by atoms with van der Waals surface area (Å²) in [6.45, 7) is 9.91. The van der Waals surface area contributed by atoms with E-state index in [2.05, 4.69) is 5.32 Å². The highest BCUT2D eigenvalue weighted by Gasteiger charge is 2.23. The van der Waals surface area contributed by atoms with Crippen LogP contribution >= 0.6 is 11.6 Å². The number of rotatable bonds is 6. The van der Waals surface area contributed by atoms with Crippen molar-refractivity contribution in [3.05, 3.63) is 45.7 Å². The van der Waals surface area contributed by atoms with Gasteiger partial charge in [-0.3, -0.25) is 4.79 Å². The zero-order valence-electron chi connectivity index (χ0n) is 16.5. The molecular formula is C20H25ClN2O4.